The molecule has 4 nitrogen and oxygen atoms in total. The minimum Gasteiger partial charge on any atom is -0.330 e. The quantitative estimate of drug-likeness (QED) is 0.757. The zero-order chi connectivity index (χ0) is 16.4. The smallest absolute Gasteiger partial charge is 0.239 e. The molecule has 0 aliphatic carbocycles. The van der Waals surface area contributed by atoms with Gasteiger partial charge in [-0.25, -0.2) is 13.8 Å². The predicted octanol–water partition coefficient (Wildman–Crippen LogP) is 3.50. The summed E-state index contributed by atoms with van der Waals surface area (Å²) in [6.07, 6.45) is 0.758. The van der Waals surface area contributed by atoms with Crippen LogP contribution in [-0.4, -0.2) is 28.2 Å². The first-order valence-corrected chi connectivity index (χ1v) is 7.41. The van der Waals surface area contributed by atoms with E-state index in [-0.39, 0.29) is 13.0 Å². The molecule has 1 unspecified atom stereocenters. The van der Waals surface area contributed by atoms with Crippen LogP contribution in [0, 0.1) is 0 Å². The molecular formula is C17H18F2N4. The topological polar surface area (TPSA) is 67.6 Å². The lowest BCUT2D eigenvalue weighted by Crippen LogP contribution is -2.34. The summed E-state index contributed by atoms with van der Waals surface area (Å²) >= 11 is 0. The largest absolute Gasteiger partial charge is 0.330 e. The fourth-order valence-electron chi connectivity index (χ4n) is 2.82. The van der Waals surface area contributed by atoms with Crippen molar-refractivity contribution in [3.8, 4) is 11.1 Å². The molecule has 3 N–H and O–H groups in total. The van der Waals surface area contributed by atoms with E-state index in [2.05, 4.69) is 15.2 Å². The third-order valence-electron chi connectivity index (χ3n) is 4.28. The minimum absolute atomic E-state index is 0.165. The van der Waals surface area contributed by atoms with Crippen LogP contribution >= 0.6 is 0 Å². The molecule has 0 radical (unpaired) electrons. The highest BCUT2D eigenvalue weighted by molar-refractivity contribution is 5.92. The molecule has 0 saturated heterocycles. The monoisotopic (exact) mass is 316 g/mol. The normalized spacial score (nSPS) is 14.3. The van der Waals surface area contributed by atoms with Crippen LogP contribution in [0.4, 0.5) is 8.78 Å². The van der Waals surface area contributed by atoms with Gasteiger partial charge in [0.2, 0.25) is 6.43 Å². The van der Waals surface area contributed by atoms with E-state index in [1.165, 1.54) is 0 Å². The predicted molar refractivity (Wildman–Crippen MR) is 86.4 cm³/mol. The number of hydrogen-bond acceptors (Lipinski definition) is 3. The molecule has 0 aliphatic heterocycles. The van der Waals surface area contributed by atoms with Gasteiger partial charge < -0.3 is 5.73 Å². The number of pyridine rings is 1. The van der Waals surface area contributed by atoms with Crippen LogP contribution in [-0.2, 0) is 5.41 Å². The average molecular weight is 316 g/mol. The van der Waals surface area contributed by atoms with E-state index >= 15 is 0 Å². The second kappa shape index (κ2) is 6.04. The Labute approximate surface area is 132 Å². The summed E-state index contributed by atoms with van der Waals surface area (Å²) in [4.78, 5) is 4.22. The summed E-state index contributed by atoms with van der Waals surface area (Å²) in [5, 5.41) is 7.74. The number of rotatable bonds is 5. The van der Waals surface area contributed by atoms with Gasteiger partial charge >= 0.3 is 0 Å². The van der Waals surface area contributed by atoms with Crippen LogP contribution in [0.1, 0.15) is 18.9 Å². The summed E-state index contributed by atoms with van der Waals surface area (Å²) in [6, 6.07) is 9.49. The second-order valence-electron chi connectivity index (χ2n) is 5.93. The van der Waals surface area contributed by atoms with Crippen LogP contribution < -0.4 is 5.73 Å². The lowest BCUT2D eigenvalue weighted by molar-refractivity contribution is 0.109. The van der Waals surface area contributed by atoms with Gasteiger partial charge in [-0.15, -0.1) is 0 Å². The number of fused-ring (bicyclic) bond motifs is 1. The average Bonchev–Trinajstić information content (AvgIpc) is 3.02. The Hall–Kier alpha value is -2.34. The second-order valence-corrected chi connectivity index (χ2v) is 5.93. The lowest BCUT2D eigenvalue weighted by atomic mass is 9.78. The van der Waals surface area contributed by atoms with E-state index < -0.39 is 11.8 Å². The summed E-state index contributed by atoms with van der Waals surface area (Å²) in [6.45, 7) is 1.94. The Morgan fingerprint density at radius 1 is 1.30 bits per heavy atom. The Bertz CT molecular complexity index is 815. The number of nitrogens with zero attached hydrogens (tertiary/aromatic N) is 2. The minimum atomic E-state index is -2.39. The maximum absolute atomic E-state index is 12.9. The van der Waals surface area contributed by atoms with Gasteiger partial charge in [0, 0.05) is 30.0 Å². The molecule has 2 aromatic heterocycles. The molecule has 0 spiro atoms. The summed E-state index contributed by atoms with van der Waals surface area (Å²) in [5.41, 5.74) is 8.44. The van der Waals surface area contributed by atoms with E-state index in [1.54, 1.807) is 19.3 Å². The van der Waals surface area contributed by atoms with Crippen molar-refractivity contribution in [2.75, 3.05) is 6.54 Å². The van der Waals surface area contributed by atoms with Crippen molar-refractivity contribution in [1.29, 1.82) is 0 Å². The maximum atomic E-state index is 12.9. The number of aromatic nitrogens is 3. The zero-order valence-electron chi connectivity index (χ0n) is 12.8. The van der Waals surface area contributed by atoms with Gasteiger partial charge in [0.25, 0.3) is 0 Å². The third-order valence-corrected chi connectivity index (χ3v) is 4.28. The molecule has 2 heterocycles. The SMILES string of the molecule is CC(CN)(CC(F)F)c1cccc(-c2ccnc3[nH]ncc23)c1. The van der Waals surface area contributed by atoms with E-state index in [4.69, 9.17) is 5.73 Å². The van der Waals surface area contributed by atoms with Crippen molar-refractivity contribution in [3.05, 3.63) is 48.3 Å². The molecule has 1 aromatic carbocycles. The van der Waals surface area contributed by atoms with E-state index in [0.29, 0.717) is 5.65 Å². The van der Waals surface area contributed by atoms with Crippen LogP contribution in [0.5, 0.6) is 0 Å². The standard InChI is InChI=1S/C17H18F2N4/c1-17(10-20,8-15(18)19)12-4-2-3-11(7-12)13-5-6-21-16-14(13)9-22-23-16/h2-7,9,15H,8,10,20H2,1H3,(H,21,22,23). The number of benzene rings is 1. The third kappa shape index (κ3) is 2.94. The van der Waals surface area contributed by atoms with E-state index in [0.717, 1.165) is 22.1 Å². The van der Waals surface area contributed by atoms with Gasteiger partial charge in [-0.3, -0.25) is 5.10 Å². The molecule has 0 saturated carbocycles. The number of hydrogen-bond donors (Lipinski definition) is 2. The van der Waals surface area contributed by atoms with Crippen LogP contribution in [0.15, 0.2) is 42.7 Å². The molecular weight excluding hydrogens is 298 g/mol. The highest BCUT2D eigenvalue weighted by Gasteiger charge is 2.29. The van der Waals surface area contributed by atoms with Crippen molar-refractivity contribution in [2.45, 2.75) is 25.2 Å². The molecule has 1 atom stereocenters. The number of H-pyrrole nitrogens is 1. The molecule has 0 amide bonds. The zero-order valence-corrected chi connectivity index (χ0v) is 12.8. The van der Waals surface area contributed by atoms with Crippen molar-refractivity contribution < 1.29 is 8.78 Å². The molecule has 0 aliphatic rings. The number of halogens is 2. The molecule has 120 valence electrons. The van der Waals surface area contributed by atoms with Crippen molar-refractivity contribution >= 4 is 11.0 Å². The molecule has 3 rings (SSSR count). The van der Waals surface area contributed by atoms with Gasteiger partial charge in [0.1, 0.15) is 0 Å². The van der Waals surface area contributed by atoms with E-state index in [9.17, 15) is 8.78 Å². The maximum Gasteiger partial charge on any atom is 0.239 e. The molecule has 0 fully saturated rings. The van der Waals surface area contributed by atoms with Crippen molar-refractivity contribution in [2.24, 2.45) is 5.73 Å². The number of aromatic amines is 1. The number of nitrogens with two attached hydrogens (primary N) is 1. The summed E-state index contributed by atoms with van der Waals surface area (Å²) in [7, 11) is 0. The Morgan fingerprint density at radius 2 is 2.13 bits per heavy atom. The molecule has 3 aromatic rings. The van der Waals surface area contributed by atoms with Gasteiger partial charge in [0.05, 0.1) is 6.20 Å². The Kier molecular flexibility index (Phi) is 4.09. The first-order chi connectivity index (χ1) is 11.0. The van der Waals surface area contributed by atoms with E-state index in [1.807, 2.05) is 30.3 Å². The highest BCUT2D eigenvalue weighted by atomic mass is 19.3. The van der Waals surface area contributed by atoms with Gasteiger partial charge in [-0.2, -0.15) is 5.10 Å². The first-order valence-electron chi connectivity index (χ1n) is 7.41. The number of alkyl halides is 2. The Balaban J connectivity index is 2.08. The van der Waals surface area contributed by atoms with Gasteiger partial charge in [-0.1, -0.05) is 31.2 Å². The Morgan fingerprint density at radius 3 is 2.87 bits per heavy atom. The highest BCUT2D eigenvalue weighted by Crippen LogP contribution is 2.33. The van der Waals surface area contributed by atoms with Crippen molar-refractivity contribution in [1.82, 2.24) is 15.2 Å². The molecule has 23 heavy (non-hydrogen) atoms. The molecule has 0 bridgehead atoms. The van der Waals surface area contributed by atoms with Gasteiger partial charge in [0.15, 0.2) is 5.65 Å². The summed E-state index contributed by atoms with van der Waals surface area (Å²) < 4.78 is 25.8. The number of nitrogens with one attached hydrogen (secondary N) is 1. The van der Waals surface area contributed by atoms with Crippen molar-refractivity contribution in [3.63, 3.8) is 0 Å². The lowest BCUT2D eigenvalue weighted by Gasteiger charge is -2.28. The van der Waals surface area contributed by atoms with Crippen LogP contribution in [0.3, 0.4) is 0 Å². The summed E-state index contributed by atoms with van der Waals surface area (Å²) in [5.74, 6) is 0. The fourth-order valence-corrected chi connectivity index (χ4v) is 2.82. The fraction of sp³-hybridized carbons (Fsp3) is 0.294. The van der Waals surface area contributed by atoms with Crippen LogP contribution in [0.25, 0.3) is 22.2 Å². The van der Waals surface area contributed by atoms with Gasteiger partial charge in [-0.05, 0) is 22.8 Å². The first kappa shape index (κ1) is 15.6. The van der Waals surface area contributed by atoms with Crippen LogP contribution in [0.2, 0.25) is 0 Å². The molecule has 6 heteroatoms.